The van der Waals surface area contributed by atoms with E-state index in [1.54, 1.807) is 23.7 Å². The Morgan fingerprint density at radius 2 is 2.15 bits per heavy atom. The van der Waals surface area contributed by atoms with Crippen LogP contribution in [0.2, 0.25) is 10.0 Å². The zero-order valence-corrected chi connectivity index (χ0v) is 17.9. The summed E-state index contributed by atoms with van der Waals surface area (Å²) < 4.78 is 6.97. The zero-order chi connectivity index (χ0) is 19.6. The van der Waals surface area contributed by atoms with Gasteiger partial charge >= 0.3 is 5.97 Å². The lowest BCUT2D eigenvalue weighted by Gasteiger charge is -2.15. The lowest BCUT2D eigenvalue weighted by atomic mass is 10.1. The molecule has 0 amide bonds. The highest BCUT2D eigenvalue weighted by Gasteiger charge is 2.30. The second kappa shape index (κ2) is 8.72. The highest BCUT2D eigenvalue weighted by molar-refractivity contribution is 8.03. The first-order valence-electron chi connectivity index (χ1n) is 9.04. The van der Waals surface area contributed by atoms with Crippen LogP contribution >= 0.6 is 35.0 Å². The van der Waals surface area contributed by atoms with Crippen molar-refractivity contribution in [2.45, 2.75) is 45.3 Å². The van der Waals surface area contributed by atoms with Gasteiger partial charge in [-0.25, -0.2) is 9.48 Å². The Morgan fingerprint density at radius 3 is 2.81 bits per heavy atom. The molecule has 0 aliphatic carbocycles. The Balaban J connectivity index is 2.08. The molecular formula is C20H22Cl2N2O2S. The van der Waals surface area contributed by atoms with Gasteiger partial charge < -0.3 is 4.74 Å². The van der Waals surface area contributed by atoms with Crippen LogP contribution in [0.3, 0.4) is 0 Å². The molecule has 144 valence electrons. The summed E-state index contributed by atoms with van der Waals surface area (Å²) in [5, 5.41) is 5.82. The summed E-state index contributed by atoms with van der Waals surface area (Å²) in [4.78, 5) is 13.8. The first-order chi connectivity index (χ1) is 13.0. The van der Waals surface area contributed by atoms with Crippen molar-refractivity contribution in [1.29, 1.82) is 0 Å². The largest absolute Gasteiger partial charge is 0.461 e. The van der Waals surface area contributed by atoms with Gasteiger partial charge in [-0.15, -0.1) is 11.8 Å². The third-order valence-corrected chi connectivity index (χ3v) is 6.34. The molecule has 0 radical (unpaired) electrons. The number of allylic oxidation sites excluding steroid dienone is 2. The van der Waals surface area contributed by atoms with Crippen LogP contribution in [-0.2, 0) is 4.74 Å². The van der Waals surface area contributed by atoms with Crippen molar-refractivity contribution in [3.63, 3.8) is 0 Å². The van der Waals surface area contributed by atoms with Gasteiger partial charge in [0.15, 0.2) is 5.69 Å². The number of rotatable bonds is 6. The molecule has 0 spiro atoms. The smallest absolute Gasteiger partial charge is 0.359 e. The van der Waals surface area contributed by atoms with Crippen molar-refractivity contribution in [2.75, 3.05) is 6.61 Å². The molecule has 1 aromatic heterocycles. The van der Waals surface area contributed by atoms with Crippen LogP contribution in [0.5, 0.6) is 0 Å². The highest BCUT2D eigenvalue weighted by atomic mass is 35.5. The van der Waals surface area contributed by atoms with Gasteiger partial charge in [0.25, 0.3) is 0 Å². The maximum atomic E-state index is 12.4. The molecule has 2 aromatic rings. The number of ether oxygens (including phenoxy) is 1. The normalized spacial score (nSPS) is 16.5. The molecule has 1 aromatic carbocycles. The summed E-state index contributed by atoms with van der Waals surface area (Å²) in [5.41, 5.74) is 2.86. The molecule has 27 heavy (non-hydrogen) atoms. The molecule has 1 atom stereocenters. The van der Waals surface area contributed by atoms with Crippen LogP contribution in [0.25, 0.3) is 5.69 Å². The van der Waals surface area contributed by atoms with Gasteiger partial charge in [0.1, 0.15) is 0 Å². The fraction of sp³-hybridized carbons (Fsp3) is 0.400. The van der Waals surface area contributed by atoms with Gasteiger partial charge in [-0.05, 0) is 49.8 Å². The minimum absolute atomic E-state index is 0.189. The Kier molecular flexibility index (Phi) is 6.56. The molecule has 0 bridgehead atoms. The first-order valence-corrected chi connectivity index (χ1v) is 10.7. The van der Waals surface area contributed by atoms with E-state index >= 15 is 0 Å². The third kappa shape index (κ3) is 4.20. The van der Waals surface area contributed by atoms with E-state index in [0.29, 0.717) is 28.0 Å². The van der Waals surface area contributed by atoms with E-state index in [9.17, 15) is 4.79 Å². The summed E-state index contributed by atoms with van der Waals surface area (Å²) in [6, 6.07) is 5.29. The molecular weight excluding hydrogens is 403 g/mol. The highest BCUT2D eigenvalue weighted by Crippen LogP contribution is 2.47. The number of nitrogens with zero attached hydrogens (tertiary/aromatic N) is 2. The van der Waals surface area contributed by atoms with E-state index in [1.807, 2.05) is 24.8 Å². The van der Waals surface area contributed by atoms with Crippen LogP contribution < -0.4 is 0 Å². The minimum Gasteiger partial charge on any atom is -0.461 e. The van der Waals surface area contributed by atoms with Gasteiger partial charge in [-0.3, -0.25) is 0 Å². The monoisotopic (exact) mass is 424 g/mol. The maximum Gasteiger partial charge on any atom is 0.359 e. The van der Waals surface area contributed by atoms with E-state index < -0.39 is 5.97 Å². The number of carbonyl (C=O) groups is 1. The number of hydrogen-bond donors (Lipinski definition) is 0. The van der Waals surface area contributed by atoms with E-state index in [2.05, 4.69) is 18.1 Å². The first kappa shape index (κ1) is 20.3. The predicted octanol–water partition coefficient (Wildman–Crippen LogP) is 6.53. The lowest BCUT2D eigenvalue weighted by Crippen LogP contribution is -2.08. The van der Waals surface area contributed by atoms with Crippen LogP contribution in [0.15, 0.2) is 29.2 Å². The number of thioether (sulfide) groups is 1. The molecule has 1 aliphatic heterocycles. The van der Waals surface area contributed by atoms with Crippen molar-refractivity contribution in [3.8, 4) is 5.69 Å². The number of esters is 1. The van der Waals surface area contributed by atoms with Crippen molar-refractivity contribution in [1.82, 2.24) is 9.78 Å². The van der Waals surface area contributed by atoms with Crippen molar-refractivity contribution in [2.24, 2.45) is 0 Å². The summed E-state index contributed by atoms with van der Waals surface area (Å²) >= 11 is 14.3. The molecule has 0 saturated heterocycles. The molecule has 2 heterocycles. The SMILES string of the molecule is CCCC1=CCC(c2c(C)c(C(=O)OCC)nn2-c2ccc(Cl)cc2Cl)S1. The Bertz CT molecular complexity index is 892. The molecule has 3 rings (SSSR count). The standard InChI is InChI=1S/C20H22Cl2N2O2S/c1-4-6-14-8-10-17(27-14)19-12(3)18(20(25)26-5-2)23-24(19)16-9-7-13(21)11-15(16)22/h7-9,11,17H,4-6,10H2,1-3H3. The Morgan fingerprint density at radius 1 is 1.37 bits per heavy atom. The fourth-order valence-corrected chi connectivity index (χ4v) is 5.16. The Labute approximate surface area is 173 Å². The number of benzene rings is 1. The van der Waals surface area contributed by atoms with Crippen LogP contribution in [0.1, 0.15) is 60.1 Å². The summed E-state index contributed by atoms with van der Waals surface area (Å²) in [6.45, 7) is 6.20. The van der Waals surface area contributed by atoms with Crippen molar-refractivity contribution >= 4 is 40.9 Å². The summed E-state index contributed by atoms with van der Waals surface area (Å²) in [5.74, 6) is -0.412. The van der Waals surface area contributed by atoms with Crippen molar-refractivity contribution in [3.05, 3.63) is 56.2 Å². The van der Waals surface area contributed by atoms with E-state index in [0.717, 1.165) is 30.5 Å². The Hall–Kier alpha value is -1.43. The van der Waals surface area contributed by atoms with Crippen LogP contribution in [-0.4, -0.2) is 22.4 Å². The number of hydrogen-bond acceptors (Lipinski definition) is 4. The third-order valence-electron chi connectivity index (χ3n) is 4.43. The average molecular weight is 425 g/mol. The molecule has 1 unspecified atom stereocenters. The second-order valence-corrected chi connectivity index (χ2v) is 8.52. The van der Waals surface area contributed by atoms with Crippen molar-refractivity contribution < 1.29 is 9.53 Å². The van der Waals surface area contributed by atoms with Gasteiger partial charge in [0.05, 0.1) is 28.3 Å². The molecule has 0 saturated carbocycles. The summed E-state index contributed by atoms with van der Waals surface area (Å²) in [7, 11) is 0. The second-order valence-electron chi connectivity index (χ2n) is 6.35. The number of aromatic nitrogens is 2. The van der Waals surface area contributed by atoms with Gasteiger partial charge in [0.2, 0.25) is 0 Å². The van der Waals surface area contributed by atoms with Crippen LogP contribution in [0.4, 0.5) is 0 Å². The maximum absolute atomic E-state index is 12.4. The molecule has 0 N–H and O–H groups in total. The quantitative estimate of drug-likeness (QED) is 0.494. The van der Waals surface area contributed by atoms with E-state index in [4.69, 9.17) is 27.9 Å². The molecule has 7 heteroatoms. The van der Waals surface area contributed by atoms with E-state index in [-0.39, 0.29) is 5.25 Å². The number of halogens is 2. The minimum atomic E-state index is -0.412. The average Bonchev–Trinajstić information content (AvgIpc) is 3.20. The van der Waals surface area contributed by atoms with Gasteiger partial charge in [0, 0.05) is 10.6 Å². The molecule has 4 nitrogen and oxygen atoms in total. The lowest BCUT2D eigenvalue weighted by molar-refractivity contribution is 0.0518. The molecule has 0 fully saturated rings. The number of carbonyl (C=O) groups excluding carboxylic acids is 1. The van der Waals surface area contributed by atoms with Gasteiger partial charge in [-0.2, -0.15) is 5.10 Å². The topological polar surface area (TPSA) is 44.1 Å². The molecule has 1 aliphatic rings. The van der Waals surface area contributed by atoms with Crippen LogP contribution in [0, 0.1) is 6.92 Å². The van der Waals surface area contributed by atoms with E-state index in [1.165, 1.54) is 4.91 Å². The predicted molar refractivity (Wildman–Crippen MR) is 112 cm³/mol. The fourth-order valence-electron chi connectivity index (χ4n) is 3.21. The zero-order valence-electron chi connectivity index (χ0n) is 15.6. The summed E-state index contributed by atoms with van der Waals surface area (Å²) in [6.07, 6.45) is 5.37. The van der Waals surface area contributed by atoms with Gasteiger partial charge in [-0.1, -0.05) is 42.6 Å².